The van der Waals surface area contributed by atoms with Gasteiger partial charge in [-0.1, -0.05) is 12.8 Å². The molecule has 3 rings (SSSR count). The Kier molecular flexibility index (Phi) is 5.47. The highest BCUT2D eigenvalue weighted by Crippen LogP contribution is 2.42. The van der Waals surface area contributed by atoms with Crippen molar-refractivity contribution in [2.24, 2.45) is 5.41 Å². The molecule has 2 fully saturated rings. The molecule has 1 aliphatic carbocycles. The van der Waals surface area contributed by atoms with E-state index < -0.39 is 11.8 Å². The molecule has 25 heavy (non-hydrogen) atoms. The average molecular weight is 347 g/mol. The predicted molar refractivity (Wildman–Crippen MR) is 91.8 cm³/mol. The molecular formula is C17H25N5O3. The van der Waals surface area contributed by atoms with Crippen LogP contribution in [-0.4, -0.2) is 47.3 Å². The van der Waals surface area contributed by atoms with Crippen molar-refractivity contribution in [2.75, 3.05) is 19.6 Å². The Morgan fingerprint density at radius 1 is 1.28 bits per heavy atom. The summed E-state index contributed by atoms with van der Waals surface area (Å²) in [6, 6.07) is 3.40. The van der Waals surface area contributed by atoms with E-state index in [0.717, 1.165) is 25.8 Å². The van der Waals surface area contributed by atoms with Gasteiger partial charge in [0.1, 0.15) is 0 Å². The molecule has 1 aromatic heterocycles. The molecule has 3 N–H and O–H groups in total. The zero-order valence-electron chi connectivity index (χ0n) is 14.3. The van der Waals surface area contributed by atoms with Gasteiger partial charge in [-0.2, -0.15) is 5.10 Å². The average Bonchev–Trinajstić information content (AvgIpc) is 3.05. The van der Waals surface area contributed by atoms with E-state index >= 15 is 0 Å². The van der Waals surface area contributed by atoms with Crippen LogP contribution in [0.3, 0.4) is 0 Å². The van der Waals surface area contributed by atoms with Crippen molar-refractivity contribution in [3.05, 3.63) is 28.7 Å². The number of nitrogens with zero attached hydrogens (tertiary/aromatic N) is 2. The number of hydrogen-bond donors (Lipinski definition) is 3. The van der Waals surface area contributed by atoms with Gasteiger partial charge in [0.15, 0.2) is 0 Å². The van der Waals surface area contributed by atoms with Crippen molar-refractivity contribution in [2.45, 2.75) is 44.7 Å². The molecule has 2 aliphatic rings. The molecule has 1 saturated heterocycles. The van der Waals surface area contributed by atoms with E-state index in [1.165, 1.54) is 29.8 Å². The number of hydrogen-bond acceptors (Lipinski definition) is 5. The van der Waals surface area contributed by atoms with Crippen molar-refractivity contribution in [1.29, 1.82) is 0 Å². The van der Waals surface area contributed by atoms with Crippen LogP contribution in [0.2, 0.25) is 0 Å². The molecule has 8 nitrogen and oxygen atoms in total. The summed E-state index contributed by atoms with van der Waals surface area (Å²) in [5.41, 5.74) is -0.146. The van der Waals surface area contributed by atoms with E-state index in [2.05, 4.69) is 21.0 Å². The highest BCUT2D eigenvalue weighted by molar-refractivity contribution is 6.35. The molecule has 2 heterocycles. The van der Waals surface area contributed by atoms with Gasteiger partial charge < -0.3 is 16.0 Å². The fourth-order valence-electron chi connectivity index (χ4n) is 3.97. The Morgan fingerprint density at radius 3 is 2.96 bits per heavy atom. The zero-order chi connectivity index (χ0) is 17.7. The maximum atomic E-state index is 12.1. The SMILES string of the molecule is O=C(NCCn1ncccc1=O)C(=O)NCC12CCCCC1NCC2. The van der Waals surface area contributed by atoms with Gasteiger partial charge >= 0.3 is 11.8 Å². The lowest BCUT2D eigenvalue weighted by Gasteiger charge is -2.39. The molecule has 0 bridgehead atoms. The Balaban J connectivity index is 1.44. The second-order valence-electron chi connectivity index (χ2n) is 6.89. The Hall–Kier alpha value is -2.22. The lowest BCUT2D eigenvalue weighted by Crippen LogP contribution is -2.50. The topological polar surface area (TPSA) is 105 Å². The third kappa shape index (κ3) is 4.07. The fourth-order valence-corrected chi connectivity index (χ4v) is 3.97. The van der Waals surface area contributed by atoms with Gasteiger partial charge in [0.2, 0.25) is 0 Å². The molecule has 2 amide bonds. The lowest BCUT2D eigenvalue weighted by molar-refractivity contribution is -0.139. The second kappa shape index (κ2) is 7.77. The van der Waals surface area contributed by atoms with Crippen LogP contribution in [0.1, 0.15) is 32.1 Å². The highest BCUT2D eigenvalue weighted by Gasteiger charge is 2.44. The van der Waals surface area contributed by atoms with Gasteiger partial charge in [-0.15, -0.1) is 0 Å². The molecule has 1 aliphatic heterocycles. The number of carbonyl (C=O) groups is 2. The number of rotatable bonds is 5. The highest BCUT2D eigenvalue weighted by atomic mass is 16.2. The Bertz CT molecular complexity index is 689. The minimum absolute atomic E-state index is 0.0927. The number of nitrogens with one attached hydrogen (secondary N) is 3. The maximum Gasteiger partial charge on any atom is 0.309 e. The van der Waals surface area contributed by atoms with E-state index in [0.29, 0.717) is 12.6 Å². The van der Waals surface area contributed by atoms with E-state index in [9.17, 15) is 14.4 Å². The van der Waals surface area contributed by atoms with Crippen molar-refractivity contribution in [1.82, 2.24) is 25.7 Å². The van der Waals surface area contributed by atoms with E-state index in [4.69, 9.17) is 0 Å². The van der Waals surface area contributed by atoms with Gasteiger partial charge in [-0.05, 0) is 31.9 Å². The van der Waals surface area contributed by atoms with E-state index in [1.54, 1.807) is 6.07 Å². The number of amides is 2. The van der Waals surface area contributed by atoms with Gasteiger partial charge in [0.25, 0.3) is 5.56 Å². The largest absolute Gasteiger partial charge is 0.347 e. The Morgan fingerprint density at radius 2 is 2.12 bits per heavy atom. The van der Waals surface area contributed by atoms with Crippen LogP contribution in [0, 0.1) is 5.41 Å². The Labute approximate surface area is 146 Å². The van der Waals surface area contributed by atoms with Gasteiger partial charge in [-0.25, -0.2) is 4.68 Å². The first-order chi connectivity index (χ1) is 12.1. The minimum Gasteiger partial charge on any atom is -0.347 e. The molecular weight excluding hydrogens is 322 g/mol. The van der Waals surface area contributed by atoms with Crippen LogP contribution >= 0.6 is 0 Å². The predicted octanol–water partition coefficient (Wildman–Crippen LogP) is -0.602. The van der Waals surface area contributed by atoms with Crippen molar-refractivity contribution in [3.63, 3.8) is 0 Å². The molecule has 1 aromatic rings. The molecule has 136 valence electrons. The summed E-state index contributed by atoms with van der Waals surface area (Å²) >= 11 is 0. The summed E-state index contributed by atoms with van der Waals surface area (Å²) in [6.45, 7) is 1.93. The van der Waals surface area contributed by atoms with Crippen LogP contribution in [0.5, 0.6) is 0 Å². The molecule has 2 unspecified atom stereocenters. The summed E-state index contributed by atoms with van der Waals surface area (Å²) in [6.07, 6.45) is 7.18. The first kappa shape index (κ1) is 17.6. The second-order valence-corrected chi connectivity index (χ2v) is 6.89. The van der Waals surface area contributed by atoms with Crippen LogP contribution in [0.15, 0.2) is 23.1 Å². The van der Waals surface area contributed by atoms with Crippen molar-refractivity contribution in [3.8, 4) is 0 Å². The molecule has 1 saturated carbocycles. The quantitative estimate of drug-likeness (QED) is 0.617. The van der Waals surface area contributed by atoms with Crippen LogP contribution < -0.4 is 21.5 Å². The lowest BCUT2D eigenvalue weighted by atomic mass is 9.70. The van der Waals surface area contributed by atoms with Gasteiger partial charge in [0, 0.05) is 36.8 Å². The molecule has 8 heteroatoms. The first-order valence-electron chi connectivity index (χ1n) is 8.92. The maximum absolute atomic E-state index is 12.1. The number of aromatic nitrogens is 2. The van der Waals surface area contributed by atoms with E-state index in [1.807, 2.05) is 0 Å². The fraction of sp³-hybridized carbons (Fsp3) is 0.647. The minimum atomic E-state index is -0.668. The van der Waals surface area contributed by atoms with Crippen molar-refractivity contribution >= 4 is 11.8 Å². The standard InChI is InChI=1S/C17H25N5O3/c23-14-5-3-8-21-22(14)11-10-19-15(24)16(25)20-12-17-6-2-1-4-13(17)18-9-7-17/h3,5,8,13,18H,1-2,4,6-7,9-12H2,(H,19,24)(H,20,25). The summed E-state index contributed by atoms with van der Waals surface area (Å²) in [4.78, 5) is 35.5. The summed E-state index contributed by atoms with van der Waals surface area (Å²) in [7, 11) is 0. The normalized spacial score (nSPS) is 25.2. The molecule has 0 radical (unpaired) electrons. The van der Waals surface area contributed by atoms with Crippen LogP contribution in [0.4, 0.5) is 0 Å². The monoisotopic (exact) mass is 347 g/mol. The molecule has 0 spiro atoms. The van der Waals surface area contributed by atoms with Crippen LogP contribution in [-0.2, 0) is 16.1 Å². The summed E-state index contributed by atoms with van der Waals surface area (Å²) in [5, 5.41) is 12.8. The zero-order valence-corrected chi connectivity index (χ0v) is 14.3. The third-order valence-electron chi connectivity index (χ3n) is 5.37. The number of carbonyl (C=O) groups excluding carboxylic acids is 2. The van der Waals surface area contributed by atoms with Gasteiger partial charge in [0.05, 0.1) is 6.54 Å². The molecule has 2 atom stereocenters. The number of fused-ring (bicyclic) bond motifs is 1. The third-order valence-corrected chi connectivity index (χ3v) is 5.37. The summed E-state index contributed by atoms with van der Waals surface area (Å²) < 4.78 is 1.24. The summed E-state index contributed by atoms with van der Waals surface area (Å²) in [5.74, 6) is -1.28. The van der Waals surface area contributed by atoms with Gasteiger partial charge in [-0.3, -0.25) is 14.4 Å². The van der Waals surface area contributed by atoms with E-state index in [-0.39, 0.29) is 24.1 Å². The van der Waals surface area contributed by atoms with Crippen LogP contribution in [0.25, 0.3) is 0 Å². The van der Waals surface area contributed by atoms with Crippen molar-refractivity contribution < 1.29 is 9.59 Å². The smallest absolute Gasteiger partial charge is 0.309 e. The molecule has 0 aromatic carbocycles. The first-order valence-corrected chi connectivity index (χ1v) is 8.92.